The standard InChI is InChI=1S/C71H126O6/c1-4-7-10-13-16-19-22-25-28-31-33-35-37-40-43-46-49-52-55-58-61-64-70(73)76-67-68(66-75-69(72)63-60-57-54-51-48-45-42-39-30-27-24-21-18-15-12-9-6-3)77-71(74)65-62-59-56-53-50-47-44-41-38-36-34-32-29-26-23-20-17-14-11-8-5-2/h9,12,18,21,25,27-28,30,42,45,51,54,68H,4-8,10-11,13-17,19-20,22-24,26,29,31-41,43-44,46-50,52-53,55-67H2,1-3H3/b12-9-,21-18-,28-25-,30-27-,45-42-,54-51-/t68-/m1/s1. The number of unbranched alkanes of at least 4 members (excludes halogenated alkanes) is 38. The third-order valence-corrected chi connectivity index (χ3v) is 14.7. The van der Waals surface area contributed by atoms with Gasteiger partial charge in [-0.15, -0.1) is 0 Å². The lowest BCUT2D eigenvalue weighted by Crippen LogP contribution is -2.30. The van der Waals surface area contributed by atoms with Gasteiger partial charge in [0.15, 0.2) is 6.10 Å². The number of ether oxygens (including phenoxy) is 3. The molecule has 0 aromatic carbocycles. The molecular formula is C71H126O6. The lowest BCUT2D eigenvalue weighted by atomic mass is 10.0. The predicted octanol–water partition coefficient (Wildman–Crippen LogP) is 22.9. The van der Waals surface area contributed by atoms with Gasteiger partial charge in [-0.3, -0.25) is 14.4 Å². The summed E-state index contributed by atoms with van der Waals surface area (Å²) in [7, 11) is 0. The maximum Gasteiger partial charge on any atom is 0.306 e. The number of hydrogen-bond donors (Lipinski definition) is 0. The van der Waals surface area contributed by atoms with Crippen molar-refractivity contribution >= 4 is 17.9 Å². The fourth-order valence-corrected chi connectivity index (χ4v) is 9.71. The summed E-state index contributed by atoms with van der Waals surface area (Å²) in [5.74, 6) is -0.932. The molecule has 0 amide bonds. The van der Waals surface area contributed by atoms with Crippen LogP contribution in [-0.2, 0) is 28.6 Å². The summed E-state index contributed by atoms with van der Waals surface area (Å²) in [5, 5.41) is 0. The summed E-state index contributed by atoms with van der Waals surface area (Å²) in [6, 6.07) is 0. The molecule has 6 heteroatoms. The Kier molecular flexibility index (Phi) is 62.7. The molecule has 0 aliphatic heterocycles. The van der Waals surface area contributed by atoms with Crippen molar-refractivity contribution in [1.82, 2.24) is 0 Å². The minimum absolute atomic E-state index is 0.0901. The number of allylic oxidation sites excluding steroid dienone is 12. The highest BCUT2D eigenvalue weighted by atomic mass is 16.6. The van der Waals surface area contributed by atoms with Gasteiger partial charge in [0.05, 0.1) is 0 Å². The summed E-state index contributed by atoms with van der Waals surface area (Å²) in [4.78, 5) is 38.4. The summed E-state index contributed by atoms with van der Waals surface area (Å²) in [5.41, 5.74) is 0. The van der Waals surface area contributed by atoms with E-state index in [0.29, 0.717) is 19.3 Å². The van der Waals surface area contributed by atoms with Gasteiger partial charge in [-0.05, 0) is 83.5 Å². The predicted molar refractivity (Wildman–Crippen MR) is 335 cm³/mol. The van der Waals surface area contributed by atoms with Crippen LogP contribution in [0.3, 0.4) is 0 Å². The van der Waals surface area contributed by atoms with Crippen molar-refractivity contribution in [3.05, 3.63) is 72.9 Å². The molecular weight excluding hydrogens is 949 g/mol. The van der Waals surface area contributed by atoms with Gasteiger partial charge in [-0.1, -0.05) is 312 Å². The van der Waals surface area contributed by atoms with Crippen LogP contribution in [0.4, 0.5) is 0 Å². The van der Waals surface area contributed by atoms with E-state index in [1.54, 1.807) is 0 Å². The van der Waals surface area contributed by atoms with Crippen molar-refractivity contribution < 1.29 is 28.6 Å². The van der Waals surface area contributed by atoms with Crippen molar-refractivity contribution in [2.24, 2.45) is 0 Å². The average Bonchev–Trinajstić information content (AvgIpc) is 3.43. The van der Waals surface area contributed by atoms with E-state index in [2.05, 4.69) is 93.7 Å². The Hall–Kier alpha value is -3.15. The third kappa shape index (κ3) is 63.6. The van der Waals surface area contributed by atoms with Crippen molar-refractivity contribution in [3.8, 4) is 0 Å². The van der Waals surface area contributed by atoms with Gasteiger partial charge in [0.1, 0.15) is 13.2 Å². The molecule has 6 nitrogen and oxygen atoms in total. The van der Waals surface area contributed by atoms with E-state index in [4.69, 9.17) is 14.2 Å². The molecule has 0 aliphatic carbocycles. The zero-order valence-corrected chi connectivity index (χ0v) is 51.2. The largest absolute Gasteiger partial charge is 0.462 e. The lowest BCUT2D eigenvalue weighted by molar-refractivity contribution is -0.167. The maximum atomic E-state index is 12.9. The quantitative estimate of drug-likeness (QED) is 0.0261. The summed E-state index contributed by atoms with van der Waals surface area (Å²) in [6.45, 7) is 6.53. The summed E-state index contributed by atoms with van der Waals surface area (Å²) < 4.78 is 16.9. The van der Waals surface area contributed by atoms with Gasteiger partial charge in [0.25, 0.3) is 0 Å². The van der Waals surface area contributed by atoms with Gasteiger partial charge in [0, 0.05) is 19.3 Å². The number of esters is 3. The average molecular weight is 1080 g/mol. The van der Waals surface area contributed by atoms with Gasteiger partial charge in [-0.25, -0.2) is 0 Å². The molecule has 0 saturated carbocycles. The van der Waals surface area contributed by atoms with Crippen LogP contribution in [-0.4, -0.2) is 37.2 Å². The van der Waals surface area contributed by atoms with Crippen molar-refractivity contribution in [1.29, 1.82) is 0 Å². The number of carbonyl (C=O) groups excluding carboxylic acids is 3. The Morgan fingerprint density at radius 3 is 0.857 bits per heavy atom. The molecule has 0 unspecified atom stereocenters. The Balaban J connectivity index is 4.39. The second-order valence-electron chi connectivity index (χ2n) is 22.4. The smallest absolute Gasteiger partial charge is 0.306 e. The molecule has 446 valence electrons. The molecule has 77 heavy (non-hydrogen) atoms. The molecule has 1 atom stereocenters. The van der Waals surface area contributed by atoms with Crippen LogP contribution in [0.15, 0.2) is 72.9 Å². The van der Waals surface area contributed by atoms with Crippen molar-refractivity contribution in [2.45, 2.75) is 348 Å². The second-order valence-corrected chi connectivity index (χ2v) is 22.4. The first-order valence-electron chi connectivity index (χ1n) is 33.4. The molecule has 0 bridgehead atoms. The number of hydrogen-bond acceptors (Lipinski definition) is 6. The molecule has 0 spiro atoms. The van der Waals surface area contributed by atoms with Crippen LogP contribution in [0.25, 0.3) is 0 Å². The molecule has 0 aliphatic rings. The van der Waals surface area contributed by atoms with Crippen LogP contribution in [0.1, 0.15) is 342 Å². The zero-order valence-electron chi connectivity index (χ0n) is 51.2. The number of rotatable bonds is 61. The Bertz CT molecular complexity index is 1420. The van der Waals surface area contributed by atoms with Gasteiger partial charge < -0.3 is 14.2 Å². The Morgan fingerprint density at radius 2 is 0.519 bits per heavy atom. The first kappa shape index (κ1) is 73.8. The fourth-order valence-electron chi connectivity index (χ4n) is 9.71. The molecule has 0 heterocycles. The van der Waals surface area contributed by atoms with E-state index >= 15 is 0 Å². The van der Waals surface area contributed by atoms with Crippen LogP contribution in [0.2, 0.25) is 0 Å². The topological polar surface area (TPSA) is 78.9 Å². The molecule has 0 aromatic rings. The van der Waals surface area contributed by atoms with Crippen LogP contribution in [0.5, 0.6) is 0 Å². The zero-order chi connectivity index (χ0) is 55.7. The monoisotopic (exact) mass is 1070 g/mol. The van der Waals surface area contributed by atoms with Crippen LogP contribution < -0.4 is 0 Å². The SMILES string of the molecule is CC/C=C\C/C=C\C/C=C\C/C=C\C/C=C\CCCC(=O)OC[C@H](COC(=O)CCCCCCCCCCCCC/C=C\CCCCCCCC)OC(=O)CCCCCCCCCCCCCCCCCCCCCCC. The van der Waals surface area contributed by atoms with Crippen LogP contribution in [0, 0.1) is 0 Å². The summed E-state index contributed by atoms with van der Waals surface area (Å²) in [6.07, 6.45) is 84.9. The highest BCUT2D eigenvalue weighted by molar-refractivity contribution is 5.71. The van der Waals surface area contributed by atoms with Gasteiger partial charge in [0.2, 0.25) is 0 Å². The summed E-state index contributed by atoms with van der Waals surface area (Å²) >= 11 is 0. The molecule has 0 saturated heterocycles. The molecule has 0 radical (unpaired) electrons. The van der Waals surface area contributed by atoms with Crippen molar-refractivity contribution in [2.75, 3.05) is 13.2 Å². The van der Waals surface area contributed by atoms with E-state index < -0.39 is 6.10 Å². The van der Waals surface area contributed by atoms with Gasteiger partial charge in [-0.2, -0.15) is 0 Å². The molecule has 0 fully saturated rings. The normalized spacial score (nSPS) is 12.5. The highest BCUT2D eigenvalue weighted by Crippen LogP contribution is 2.18. The first-order valence-corrected chi connectivity index (χ1v) is 33.4. The highest BCUT2D eigenvalue weighted by Gasteiger charge is 2.19. The van der Waals surface area contributed by atoms with E-state index in [9.17, 15) is 14.4 Å². The first-order chi connectivity index (χ1) is 38.0. The Labute approximate surface area is 478 Å². The minimum atomic E-state index is -0.798. The number of carbonyl (C=O) groups is 3. The van der Waals surface area contributed by atoms with E-state index in [1.165, 1.54) is 218 Å². The Morgan fingerprint density at radius 1 is 0.273 bits per heavy atom. The molecule has 0 rings (SSSR count). The molecule has 0 aromatic heterocycles. The fraction of sp³-hybridized carbons (Fsp3) is 0.789. The van der Waals surface area contributed by atoms with Crippen molar-refractivity contribution in [3.63, 3.8) is 0 Å². The molecule has 0 N–H and O–H groups in total. The van der Waals surface area contributed by atoms with Crippen LogP contribution >= 0.6 is 0 Å². The third-order valence-electron chi connectivity index (χ3n) is 14.7. The van der Waals surface area contributed by atoms with E-state index in [1.807, 2.05) is 0 Å². The second kappa shape index (κ2) is 65.4. The van der Waals surface area contributed by atoms with Gasteiger partial charge >= 0.3 is 17.9 Å². The van der Waals surface area contributed by atoms with E-state index in [0.717, 1.165) is 77.0 Å². The lowest BCUT2D eigenvalue weighted by Gasteiger charge is -2.18. The van der Waals surface area contributed by atoms with E-state index in [-0.39, 0.29) is 37.5 Å². The maximum absolute atomic E-state index is 12.9. The minimum Gasteiger partial charge on any atom is -0.462 e.